The molecule has 0 spiro atoms. The molecule has 1 saturated carbocycles. The Hall–Kier alpha value is -1.95. The van der Waals surface area contributed by atoms with E-state index >= 15 is 0 Å². The number of pyridine rings is 1. The molecule has 0 saturated heterocycles. The summed E-state index contributed by atoms with van der Waals surface area (Å²) in [5.74, 6) is 0.375. The highest BCUT2D eigenvalue weighted by molar-refractivity contribution is 5.81. The van der Waals surface area contributed by atoms with Crippen molar-refractivity contribution < 1.29 is 14.3 Å². The van der Waals surface area contributed by atoms with Crippen LogP contribution in [0.25, 0.3) is 0 Å². The van der Waals surface area contributed by atoms with Gasteiger partial charge in [0.15, 0.2) is 0 Å². The van der Waals surface area contributed by atoms with Crippen LogP contribution in [0.3, 0.4) is 0 Å². The van der Waals surface area contributed by atoms with Gasteiger partial charge in [-0.15, -0.1) is 0 Å². The predicted molar refractivity (Wildman–Crippen MR) is 81.8 cm³/mol. The van der Waals surface area contributed by atoms with E-state index in [1.807, 2.05) is 12.1 Å². The number of aromatic nitrogens is 1. The lowest BCUT2D eigenvalue weighted by atomic mass is 10.2. The summed E-state index contributed by atoms with van der Waals surface area (Å²) >= 11 is 0. The summed E-state index contributed by atoms with van der Waals surface area (Å²) < 4.78 is 5.47. The number of hydrogen-bond donors (Lipinski definition) is 2. The van der Waals surface area contributed by atoms with Gasteiger partial charge in [-0.3, -0.25) is 14.6 Å². The minimum atomic E-state index is -0.458. The lowest BCUT2D eigenvalue weighted by Crippen LogP contribution is -2.37. The zero-order chi connectivity index (χ0) is 15.8. The number of hydrogen-bond acceptors (Lipinski definition) is 4. The zero-order valence-corrected chi connectivity index (χ0v) is 12.9. The molecular formula is C16H23N3O3. The van der Waals surface area contributed by atoms with Crippen LogP contribution in [0, 0.1) is 5.92 Å². The molecule has 1 aromatic rings. The maximum Gasteiger partial charge on any atom is 0.248 e. The third-order valence-electron chi connectivity index (χ3n) is 3.54. The Kier molecular flexibility index (Phi) is 6.33. The Bertz CT molecular complexity index is 489. The lowest BCUT2D eigenvalue weighted by molar-refractivity contribution is -0.132. The average Bonchev–Trinajstić information content (AvgIpc) is 3.35. The zero-order valence-electron chi connectivity index (χ0n) is 12.9. The van der Waals surface area contributed by atoms with Crippen molar-refractivity contribution in [3.8, 4) is 0 Å². The maximum absolute atomic E-state index is 11.8. The van der Waals surface area contributed by atoms with Gasteiger partial charge in [-0.1, -0.05) is 0 Å². The van der Waals surface area contributed by atoms with Crippen LogP contribution in [0.15, 0.2) is 24.5 Å². The number of rotatable bonds is 9. The molecule has 2 rings (SSSR count). The van der Waals surface area contributed by atoms with E-state index in [-0.39, 0.29) is 18.2 Å². The summed E-state index contributed by atoms with van der Waals surface area (Å²) in [4.78, 5) is 27.4. The molecule has 2 N–H and O–H groups in total. The van der Waals surface area contributed by atoms with Crippen LogP contribution in [0.4, 0.5) is 0 Å². The van der Waals surface area contributed by atoms with E-state index < -0.39 is 6.10 Å². The molecule has 0 aromatic carbocycles. The van der Waals surface area contributed by atoms with Gasteiger partial charge in [0.05, 0.1) is 6.61 Å². The standard InChI is InChI=1S/C16H23N3O3/c1-12(22-11-14-2-3-14)16(21)18-9-6-15(20)19-10-13-4-7-17-8-5-13/h4-5,7-8,12,14H,2-3,6,9-11H2,1H3,(H,18,21)(H,19,20). The molecule has 1 aliphatic carbocycles. The SMILES string of the molecule is CC(OCC1CC1)C(=O)NCCC(=O)NCc1ccncc1. The Morgan fingerprint density at radius 2 is 2.05 bits per heavy atom. The third kappa shape index (κ3) is 6.22. The number of carbonyl (C=O) groups excluding carboxylic acids is 2. The van der Waals surface area contributed by atoms with Gasteiger partial charge >= 0.3 is 0 Å². The average molecular weight is 305 g/mol. The number of amides is 2. The highest BCUT2D eigenvalue weighted by Gasteiger charge is 2.23. The molecule has 0 radical (unpaired) electrons. The molecule has 1 aromatic heterocycles. The van der Waals surface area contributed by atoms with Gasteiger partial charge in [0, 0.05) is 31.9 Å². The first-order valence-electron chi connectivity index (χ1n) is 7.70. The first kappa shape index (κ1) is 16.4. The minimum Gasteiger partial charge on any atom is -0.368 e. The number of nitrogens with zero attached hydrogens (tertiary/aromatic N) is 1. The van der Waals surface area contributed by atoms with Crippen molar-refractivity contribution in [3.05, 3.63) is 30.1 Å². The first-order chi connectivity index (χ1) is 10.6. The monoisotopic (exact) mass is 305 g/mol. The first-order valence-corrected chi connectivity index (χ1v) is 7.70. The van der Waals surface area contributed by atoms with Crippen molar-refractivity contribution in [2.75, 3.05) is 13.2 Å². The van der Waals surface area contributed by atoms with Crippen molar-refractivity contribution in [3.63, 3.8) is 0 Å². The van der Waals surface area contributed by atoms with Crippen LogP contribution < -0.4 is 10.6 Å². The van der Waals surface area contributed by atoms with E-state index in [0.29, 0.717) is 25.6 Å². The van der Waals surface area contributed by atoms with Crippen LogP contribution in [0.1, 0.15) is 31.7 Å². The fraction of sp³-hybridized carbons (Fsp3) is 0.562. The van der Waals surface area contributed by atoms with Crippen molar-refractivity contribution in [2.24, 2.45) is 5.92 Å². The van der Waals surface area contributed by atoms with Gasteiger partial charge in [-0.2, -0.15) is 0 Å². The minimum absolute atomic E-state index is 0.0938. The highest BCUT2D eigenvalue weighted by Crippen LogP contribution is 2.29. The van der Waals surface area contributed by atoms with E-state index in [1.54, 1.807) is 19.3 Å². The fourth-order valence-corrected chi connectivity index (χ4v) is 1.87. The molecule has 1 atom stereocenters. The Morgan fingerprint density at radius 3 is 2.73 bits per heavy atom. The number of ether oxygens (including phenoxy) is 1. The second kappa shape index (κ2) is 8.48. The van der Waals surface area contributed by atoms with Gasteiger partial charge < -0.3 is 15.4 Å². The Balaban J connectivity index is 1.54. The molecule has 1 aliphatic rings. The van der Waals surface area contributed by atoms with Crippen LogP contribution >= 0.6 is 0 Å². The van der Waals surface area contributed by atoms with Gasteiger partial charge in [0.1, 0.15) is 6.10 Å². The molecule has 2 amide bonds. The van der Waals surface area contributed by atoms with Gasteiger partial charge in [-0.05, 0) is 43.4 Å². The molecule has 0 bridgehead atoms. The van der Waals surface area contributed by atoms with Crippen molar-refractivity contribution >= 4 is 11.8 Å². The smallest absolute Gasteiger partial charge is 0.248 e. The predicted octanol–water partition coefficient (Wildman–Crippen LogP) is 1.02. The fourth-order valence-electron chi connectivity index (χ4n) is 1.87. The van der Waals surface area contributed by atoms with E-state index in [1.165, 1.54) is 12.8 Å². The summed E-state index contributed by atoms with van der Waals surface area (Å²) in [6.45, 7) is 3.18. The Labute approximate surface area is 130 Å². The molecular weight excluding hydrogens is 282 g/mol. The topological polar surface area (TPSA) is 80.3 Å². The molecule has 22 heavy (non-hydrogen) atoms. The van der Waals surface area contributed by atoms with Crippen LogP contribution in [-0.2, 0) is 20.9 Å². The van der Waals surface area contributed by atoms with Crippen LogP contribution in [-0.4, -0.2) is 36.1 Å². The quantitative estimate of drug-likeness (QED) is 0.714. The Morgan fingerprint density at radius 1 is 1.32 bits per heavy atom. The second-order valence-corrected chi connectivity index (χ2v) is 5.59. The van der Waals surface area contributed by atoms with Crippen molar-refractivity contribution in [1.29, 1.82) is 0 Å². The normalized spacial score (nSPS) is 15.1. The highest BCUT2D eigenvalue weighted by atomic mass is 16.5. The number of nitrogens with one attached hydrogen (secondary N) is 2. The molecule has 6 heteroatoms. The van der Waals surface area contributed by atoms with Crippen LogP contribution in [0.5, 0.6) is 0 Å². The second-order valence-electron chi connectivity index (χ2n) is 5.59. The summed E-state index contributed by atoms with van der Waals surface area (Å²) in [6.07, 6.45) is 5.57. The molecule has 6 nitrogen and oxygen atoms in total. The van der Waals surface area contributed by atoms with Crippen molar-refractivity contribution in [1.82, 2.24) is 15.6 Å². The third-order valence-corrected chi connectivity index (χ3v) is 3.54. The molecule has 1 heterocycles. The van der Waals surface area contributed by atoms with Gasteiger partial charge in [-0.25, -0.2) is 0 Å². The lowest BCUT2D eigenvalue weighted by Gasteiger charge is -2.13. The van der Waals surface area contributed by atoms with E-state index in [9.17, 15) is 9.59 Å². The summed E-state index contributed by atoms with van der Waals surface area (Å²) in [6, 6.07) is 3.70. The molecule has 1 fully saturated rings. The van der Waals surface area contributed by atoms with E-state index in [2.05, 4.69) is 15.6 Å². The number of carbonyl (C=O) groups is 2. The maximum atomic E-state index is 11.8. The largest absolute Gasteiger partial charge is 0.368 e. The van der Waals surface area contributed by atoms with Gasteiger partial charge in [0.25, 0.3) is 0 Å². The van der Waals surface area contributed by atoms with Gasteiger partial charge in [0.2, 0.25) is 11.8 Å². The van der Waals surface area contributed by atoms with Crippen LogP contribution in [0.2, 0.25) is 0 Å². The summed E-state index contributed by atoms with van der Waals surface area (Å²) in [5, 5.41) is 5.52. The molecule has 0 aliphatic heterocycles. The van der Waals surface area contributed by atoms with Crippen molar-refractivity contribution in [2.45, 2.75) is 38.8 Å². The summed E-state index contributed by atoms with van der Waals surface area (Å²) in [7, 11) is 0. The van der Waals surface area contributed by atoms with E-state index in [0.717, 1.165) is 5.56 Å². The molecule has 1 unspecified atom stereocenters. The molecule has 120 valence electrons. The summed E-state index contributed by atoms with van der Waals surface area (Å²) in [5.41, 5.74) is 0.995. The van der Waals surface area contributed by atoms with E-state index in [4.69, 9.17) is 4.74 Å².